The third-order valence-electron chi connectivity index (χ3n) is 7.01. The van der Waals surface area contributed by atoms with Crippen LogP contribution in [0.25, 0.3) is 0 Å². The highest BCUT2D eigenvalue weighted by atomic mass is 15.2. The van der Waals surface area contributed by atoms with E-state index in [0.29, 0.717) is 0 Å². The smallest absolute Gasteiger partial charge is 0.209 e. The van der Waals surface area contributed by atoms with Crippen LogP contribution in [0.5, 0.6) is 0 Å². The standard InChI is InChI=1S/C30H35N2/c1-7-32-26-20-16-14-18-24(26)30(4,5)28(32)22-12-10-8-9-11-21-27-29(2,3)23-17-13-15-19-25(23)31(27)6/h8-22H,7H2,1-6H3/q+1. The Bertz CT molecular complexity index is 1170. The first-order valence-electron chi connectivity index (χ1n) is 11.6. The molecule has 4 rings (SSSR count). The average molecular weight is 424 g/mol. The van der Waals surface area contributed by atoms with E-state index in [0.717, 1.165) is 6.54 Å². The van der Waals surface area contributed by atoms with Crippen LogP contribution in [-0.4, -0.2) is 23.9 Å². The number of fused-ring (bicyclic) bond motifs is 2. The van der Waals surface area contributed by atoms with Crippen molar-refractivity contribution in [2.75, 3.05) is 18.5 Å². The monoisotopic (exact) mass is 423 g/mol. The fourth-order valence-corrected chi connectivity index (χ4v) is 5.27. The van der Waals surface area contributed by atoms with Gasteiger partial charge in [0.15, 0.2) is 5.71 Å². The lowest BCUT2D eigenvalue weighted by Crippen LogP contribution is -2.26. The number of anilines is 1. The van der Waals surface area contributed by atoms with Crippen LogP contribution in [0.15, 0.2) is 96.8 Å². The summed E-state index contributed by atoms with van der Waals surface area (Å²) in [6, 6.07) is 17.4. The molecule has 2 aliphatic heterocycles. The van der Waals surface area contributed by atoms with E-state index < -0.39 is 0 Å². The molecule has 2 nitrogen and oxygen atoms in total. The van der Waals surface area contributed by atoms with Crippen molar-refractivity contribution in [1.82, 2.24) is 0 Å². The van der Waals surface area contributed by atoms with Crippen molar-refractivity contribution in [3.8, 4) is 0 Å². The van der Waals surface area contributed by atoms with Gasteiger partial charge in [-0.25, -0.2) is 0 Å². The predicted molar refractivity (Wildman–Crippen MR) is 138 cm³/mol. The number of likely N-dealkylation sites (N-methyl/N-ethyl adjacent to an activating group) is 1. The highest BCUT2D eigenvalue weighted by Gasteiger charge is 2.42. The summed E-state index contributed by atoms with van der Waals surface area (Å²) in [5, 5.41) is 0. The Labute approximate surface area is 193 Å². The van der Waals surface area contributed by atoms with Crippen molar-refractivity contribution in [3.05, 3.63) is 108 Å². The first kappa shape index (κ1) is 22.1. The van der Waals surface area contributed by atoms with Gasteiger partial charge in [-0.15, -0.1) is 0 Å². The summed E-state index contributed by atoms with van der Waals surface area (Å²) >= 11 is 0. The van der Waals surface area contributed by atoms with E-state index in [2.05, 4.69) is 142 Å². The second kappa shape index (κ2) is 8.43. The van der Waals surface area contributed by atoms with Gasteiger partial charge in [-0.05, 0) is 38.5 Å². The van der Waals surface area contributed by atoms with Crippen LogP contribution in [-0.2, 0) is 10.8 Å². The fraction of sp³-hybridized carbons (Fsp3) is 0.300. The SMILES string of the molecule is CCN1C(=CC=CC=CC=CC2=[N+](C)c3ccccc3C2(C)C)C(C)(C)c2ccccc21. The van der Waals surface area contributed by atoms with Crippen molar-refractivity contribution < 1.29 is 4.58 Å². The first-order valence-corrected chi connectivity index (χ1v) is 11.6. The molecule has 0 unspecified atom stereocenters. The lowest BCUT2D eigenvalue weighted by molar-refractivity contribution is -0.401. The molecule has 32 heavy (non-hydrogen) atoms. The Hall–Kier alpha value is -3.13. The topological polar surface area (TPSA) is 6.25 Å². The molecule has 0 aromatic heterocycles. The number of para-hydroxylation sites is 2. The number of nitrogens with zero attached hydrogens (tertiary/aromatic N) is 2. The quantitative estimate of drug-likeness (QED) is 0.368. The molecule has 0 aliphatic carbocycles. The highest BCUT2D eigenvalue weighted by Crippen LogP contribution is 2.47. The molecule has 2 aromatic rings. The van der Waals surface area contributed by atoms with Gasteiger partial charge < -0.3 is 4.90 Å². The molecule has 0 N–H and O–H groups in total. The maximum absolute atomic E-state index is 2.43. The van der Waals surface area contributed by atoms with Gasteiger partial charge in [0.05, 0.1) is 5.41 Å². The Kier molecular flexibility index (Phi) is 5.81. The molecule has 0 radical (unpaired) electrons. The summed E-state index contributed by atoms with van der Waals surface area (Å²) in [6.45, 7) is 12.4. The zero-order valence-electron chi connectivity index (χ0n) is 20.3. The van der Waals surface area contributed by atoms with Crippen molar-refractivity contribution in [1.29, 1.82) is 0 Å². The van der Waals surface area contributed by atoms with E-state index >= 15 is 0 Å². The van der Waals surface area contributed by atoms with Gasteiger partial charge in [0, 0.05) is 41.1 Å². The van der Waals surface area contributed by atoms with Crippen LogP contribution in [0.1, 0.15) is 45.7 Å². The van der Waals surface area contributed by atoms with Gasteiger partial charge in [-0.2, -0.15) is 4.58 Å². The normalized spacial score (nSPS) is 20.3. The maximum atomic E-state index is 2.43. The molecule has 0 atom stereocenters. The minimum Gasteiger partial charge on any atom is -0.344 e. The summed E-state index contributed by atoms with van der Waals surface area (Å²) in [5.41, 5.74) is 8.13. The third-order valence-corrected chi connectivity index (χ3v) is 7.01. The van der Waals surface area contributed by atoms with Gasteiger partial charge in [0.1, 0.15) is 7.05 Å². The maximum Gasteiger partial charge on any atom is 0.209 e. The molecule has 2 aliphatic rings. The van der Waals surface area contributed by atoms with E-state index in [4.69, 9.17) is 0 Å². The lowest BCUT2D eigenvalue weighted by Gasteiger charge is -2.25. The lowest BCUT2D eigenvalue weighted by atomic mass is 9.81. The van der Waals surface area contributed by atoms with E-state index in [1.807, 2.05) is 0 Å². The summed E-state index contributed by atoms with van der Waals surface area (Å²) in [4.78, 5) is 2.43. The second-order valence-corrected chi connectivity index (χ2v) is 9.65. The Balaban J connectivity index is 1.48. The Morgan fingerprint density at radius 3 is 2.12 bits per heavy atom. The van der Waals surface area contributed by atoms with Gasteiger partial charge in [0.25, 0.3) is 0 Å². The van der Waals surface area contributed by atoms with Crippen LogP contribution in [0.2, 0.25) is 0 Å². The number of benzene rings is 2. The van der Waals surface area contributed by atoms with Gasteiger partial charge in [-0.3, -0.25) is 0 Å². The van der Waals surface area contributed by atoms with Gasteiger partial charge >= 0.3 is 0 Å². The Morgan fingerprint density at radius 2 is 1.41 bits per heavy atom. The third kappa shape index (κ3) is 3.58. The molecule has 0 saturated carbocycles. The zero-order valence-corrected chi connectivity index (χ0v) is 20.3. The molecule has 2 heteroatoms. The first-order chi connectivity index (χ1) is 15.3. The summed E-state index contributed by atoms with van der Waals surface area (Å²) in [6.07, 6.45) is 15.1. The molecule has 0 amide bonds. The van der Waals surface area contributed by atoms with Crippen molar-refractivity contribution in [3.63, 3.8) is 0 Å². The average Bonchev–Trinajstić information content (AvgIpc) is 3.12. The fourth-order valence-electron chi connectivity index (χ4n) is 5.27. The second-order valence-electron chi connectivity index (χ2n) is 9.65. The van der Waals surface area contributed by atoms with Crippen LogP contribution in [0.3, 0.4) is 0 Å². The molecule has 2 heterocycles. The molecule has 0 bridgehead atoms. The number of hydrogen-bond acceptors (Lipinski definition) is 1. The van der Waals surface area contributed by atoms with Crippen molar-refractivity contribution in [2.45, 2.75) is 45.4 Å². The van der Waals surface area contributed by atoms with Gasteiger partial charge in [0.2, 0.25) is 5.69 Å². The molecule has 0 spiro atoms. The van der Waals surface area contributed by atoms with E-state index in [-0.39, 0.29) is 10.8 Å². The number of allylic oxidation sites excluding steroid dienone is 8. The van der Waals surface area contributed by atoms with Crippen molar-refractivity contribution in [2.24, 2.45) is 0 Å². The van der Waals surface area contributed by atoms with E-state index in [1.54, 1.807) is 0 Å². The number of hydrogen-bond donors (Lipinski definition) is 0. The zero-order chi connectivity index (χ0) is 22.9. The molecular weight excluding hydrogens is 388 g/mol. The minimum absolute atomic E-state index is 0.0165. The Morgan fingerprint density at radius 1 is 0.781 bits per heavy atom. The molecule has 2 aromatic carbocycles. The molecule has 164 valence electrons. The van der Waals surface area contributed by atoms with Crippen molar-refractivity contribution >= 4 is 17.1 Å². The van der Waals surface area contributed by atoms with Crippen LogP contribution in [0.4, 0.5) is 11.4 Å². The summed E-state index contributed by atoms with van der Waals surface area (Å²) in [5.74, 6) is 0. The largest absolute Gasteiger partial charge is 0.344 e. The van der Waals surface area contributed by atoms with Gasteiger partial charge in [-0.1, -0.05) is 80.6 Å². The highest BCUT2D eigenvalue weighted by molar-refractivity contribution is 6.03. The summed E-state index contributed by atoms with van der Waals surface area (Å²) in [7, 11) is 2.16. The molecular formula is C30H35N2+. The van der Waals surface area contributed by atoms with Crippen LogP contribution in [0, 0.1) is 0 Å². The van der Waals surface area contributed by atoms with Crippen LogP contribution < -0.4 is 4.90 Å². The van der Waals surface area contributed by atoms with Crippen LogP contribution >= 0.6 is 0 Å². The number of rotatable bonds is 5. The predicted octanol–water partition coefficient (Wildman–Crippen LogP) is 7.06. The minimum atomic E-state index is 0.0165. The van der Waals surface area contributed by atoms with E-state index in [1.165, 1.54) is 33.9 Å². The molecule has 0 saturated heterocycles. The van der Waals surface area contributed by atoms with E-state index in [9.17, 15) is 0 Å². The summed E-state index contributed by atoms with van der Waals surface area (Å²) < 4.78 is 2.30. The molecule has 0 fully saturated rings.